The summed E-state index contributed by atoms with van der Waals surface area (Å²) in [6, 6.07) is 7.70. The van der Waals surface area contributed by atoms with Crippen molar-refractivity contribution < 1.29 is 9.90 Å². The monoisotopic (exact) mass is 293 g/mol. The second-order valence-electron chi connectivity index (χ2n) is 4.52. The Balaban J connectivity index is 1.86. The third-order valence-corrected chi connectivity index (χ3v) is 4.08. The minimum atomic E-state index is -0.218. The molecule has 2 aromatic rings. The number of para-hydroxylation sites is 1. The highest BCUT2D eigenvalue weighted by atomic mass is 32.1. The fourth-order valence-electron chi connectivity index (χ4n) is 1.92. The third kappa shape index (κ3) is 3.91. The van der Waals surface area contributed by atoms with E-state index in [1.165, 1.54) is 0 Å². The van der Waals surface area contributed by atoms with Crippen LogP contribution in [-0.4, -0.2) is 28.8 Å². The summed E-state index contributed by atoms with van der Waals surface area (Å²) in [6.07, 6.45) is 1.38. The average molecular weight is 293 g/mol. The largest absolute Gasteiger partial charge is 0.396 e. The Bertz CT molecular complexity index is 537. The first-order valence-electron chi connectivity index (χ1n) is 6.72. The van der Waals surface area contributed by atoms with Gasteiger partial charge < -0.3 is 15.7 Å². The van der Waals surface area contributed by atoms with Gasteiger partial charge in [0, 0.05) is 12.6 Å². The number of carbonyl (C=O) groups excluding carboxylic acids is 1. The SMILES string of the molecule is CCC(CCO)NC(=O)NCc1nc2ccccc2s1. The Morgan fingerprint density at radius 3 is 2.95 bits per heavy atom. The molecule has 108 valence electrons. The van der Waals surface area contributed by atoms with E-state index in [1.807, 2.05) is 31.2 Å². The first-order valence-corrected chi connectivity index (χ1v) is 7.54. The van der Waals surface area contributed by atoms with Gasteiger partial charge >= 0.3 is 6.03 Å². The van der Waals surface area contributed by atoms with E-state index in [1.54, 1.807) is 11.3 Å². The number of carbonyl (C=O) groups is 1. The molecule has 1 aromatic carbocycles. The molecular weight excluding hydrogens is 274 g/mol. The molecule has 2 amide bonds. The van der Waals surface area contributed by atoms with Crippen LogP contribution in [0.5, 0.6) is 0 Å². The van der Waals surface area contributed by atoms with Gasteiger partial charge in [0.05, 0.1) is 16.8 Å². The predicted octanol–water partition coefficient (Wildman–Crippen LogP) is 2.26. The Hall–Kier alpha value is -1.66. The maximum Gasteiger partial charge on any atom is 0.315 e. The second kappa shape index (κ2) is 7.21. The molecule has 1 heterocycles. The molecule has 0 aliphatic carbocycles. The summed E-state index contributed by atoms with van der Waals surface area (Å²) in [4.78, 5) is 16.2. The molecule has 1 aromatic heterocycles. The van der Waals surface area contributed by atoms with Crippen molar-refractivity contribution in [2.45, 2.75) is 32.4 Å². The first-order chi connectivity index (χ1) is 9.72. The first kappa shape index (κ1) is 14.7. The van der Waals surface area contributed by atoms with Gasteiger partial charge in [-0.2, -0.15) is 0 Å². The molecule has 0 aliphatic rings. The van der Waals surface area contributed by atoms with E-state index >= 15 is 0 Å². The number of nitrogens with zero attached hydrogens (tertiary/aromatic N) is 1. The normalized spacial score (nSPS) is 12.3. The maximum atomic E-state index is 11.7. The molecule has 1 atom stereocenters. The lowest BCUT2D eigenvalue weighted by atomic mass is 10.2. The van der Waals surface area contributed by atoms with Crippen LogP contribution in [0.15, 0.2) is 24.3 Å². The highest BCUT2D eigenvalue weighted by molar-refractivity contribution is 7.18. The van der Waals surface area contributed by atoms with E-state index in [9.17, 15) is 4.79 Å². The molecule has 0 saturated heterocycles. The van der Waals surface area contributed by atoms with Gasteiger partial charge in [0.25, 0.3) is 0 Å². The number of hydrogen-bond donors (Lipinski definition) is 3. The van der Waals surface area contributed by atoms with Crippen LogP contribution in [0.4, 0.5) is 4.79 Å². The van der Waals surface area contributed by atoms with Gasteiger partial charge in [-0.25, -0.2) is 9.78 Å². The van der Waals surface area contributed by atoms with Gasteiger partial charge in [-0.3, -0.25) is 0 Å². The van der Waals surface area contributed by atoms with Crippen LogP contribution >= 0.6 is 11.3 Å². The van der Waals surface area contributed by atoms with Crippen molar-refractivity contribution in [2.75, 3.05) is 6.61 Å². The van der Waals surface area contributed by atoms with Crippen molar-refractivity contribution >= 4 is 27.6 Å². The Kier molecular flexibility index (Phi) is 5.31. The number of benzene rings is 1. The molecule has 3 N–H and O–H groups in total. The quantitative estimate of drug-likeness (QED) is 0.765. The molecule has 0 spiro atoms. The summed E-state index contributed by atoms with van der Waals surface area (Å²) >= 11 is 1.58. The zero-order chi connectivity index (χ0) is 14.4. The highest BCUT2D eigenvalue weighted by Crippen LogP contribution is 2.21. The summed E-state index contributed by atoms with van der Waals surface area (Å²) in [6.45, 7) is 2.48. The van der Waals surface area contributed by atoms with Gasteiger partial charge in [0.1, 0.15) is 5.01 Å². The number of nitrogens with one attached hydrogen (secondary N) is 2. The summed E-state index contributed by atoms with van der Waals surface area (Å²) in [5, 5.41) is 15.4. The summed E-state index contributed by atoms with van der Waals surface area (Å²) in [5.74, 6) is 0. The van der Waals surface area contributed by atoms with Crippen molar-refractivity contribution in [1.82, 2.24) is 15.6 Å². The molecule has 0 radical (unpaired) electrons. The van der Waals surface area contributed by atoms with Crippen molar-refractivity contribution in [3.8, 4) is 0 Å². The number of thiazole rings is 1. The van der Waals surface area contributed by atoms with Crippen LogP contribution in [0.2, 0.25) is 0 Å². The molecule has 20 heavy (non-hydrogen) atoms. The van der Waals surface area contributed by atoms with E-state index in [4.69, 9.17) is 5.11 Å². The lowest BCUT2D eigenvalue weighted by Crippen LogP contribution is -2.41. The standard InChI is InChI=1S/C14H19N3O2S/c1-2-10(7-8-18)16-14(19)15-9-13-17-11-5-3-4-6-12(11)20-13/h3-6,10,18H,2,7-9H2,1H3,(H2,15,16,19). The van der Waals surface area contributed by atoms with Crippen molar-refractivity contribution in [1.29, 1.82) is 0 Å². The predicted molar refractivity (Wildman–Crippen MR) is 80.8 cm³/mol. The van der Waals surface area contributed by atoms with Crippen molar-refractivity contribution in [3.05, 3.63) is 29.3 Å². The van der Waals surface area contributed by atoms with Gasteiger partial charge in [-0.05, 0) is 25.0 Å². The Morgan fingerprint density at radius 1 is 1.45 bits per heavy atom. The number of amides is 2. The molecule has 0 bridgehead atoms. The molecule has 0 aliphatic heterocycles. The van der Waals surface area contributed by atoms with Crippen LogP contribution in [0.1, 0.15) is 24.8 Å². The van der Waals surface area contributed by atoms with Gasteiger partial charge in [-0.15, -0.1) is 11.3 Å². The van der Waals surface area contributed by atoms with Crippen LogP contribution in [0.3, 0.4) is 0 Å². The zero-order valence-electron chi connectivity index (χ0n) is 11.4. The third-order valence-electron chi connectivity index (χ3n) is 3.04. The van der Waals surface area contributed by atoms with E-state index in [-0.39, 0.29) is 18.7 Å². The van der Waals surface area contributed by atoms with Crippen LogP contribution < -0.4 is 10.6 Å². The number of hydrogen-bond acceptors (Lipinski definition) is 4. The van der Waals surface area contributed by atoms with Crippen molar-refractivity contribution in [2.24, 2.45) is 0 Å². The molecule has 5 nitrogen and oxygen atoms in total. The topological polar surface area (TPSA) is 74.2 Å². The van der Waals surface area contributed by atoms with Crippen LogP contribution in [0.25, 0.3) is 10.2 Å². The fraction of sp³-hybridized carbons (Fsp3) is 0.429. The fourth-order valence-corrected chi connectivity index (χ4v) is 2.83. The lowest BCUT2D eigenvalue weighted by Gasteiger charge is -2.15. The smallest absolute Gasteiger partial charge is 0.315 e. The second-order valence-corrected chi connectivity index (χ2v) is 5.63. The Labute approximate surface area is 122 Å². The van der Waals surface area contributed by atoms with Gasteiger partial charge in [0.2, 0.25) is 0 Å². The number of aromatic nitrogens is 1. The number of aliphatic hydroxyl groups excluding tert-OH is 1. The number of rotatable bonds is 6. The molecule has 2 rings (SSSR count). The molecule has 0 fully saturated rings. The van der Waals surface area contributed by atoms with E-state index in [0.717, 1.165) is 21.6 Å². The summed E-state index contributed by atoms with van der Waals surface area (Å²) < 4.78 is 1.12. The van der Waals surface area contributed by atoms with Crippen LogP contribution in [-0.2, 0) is 6.54 Å². The minimum absolute atomic E-state index is 0.00960. The molecule has 6 heteroatoms. The van der Waals surface area contributed by atoms with E-state index in [0.29, 0.717) is 13.0 Å². The van der Waals surface area contributed by atoms with E-state index < -0.39 is 0 Å². The highest BCUT2D eigenvalue weighted by Gasteiger charge is 2.10. The Morgan fingerprint density at radius 2 is 2.25 bits per heavy atom. The summed E-state index contributed by atoms with van der Waals surface area (Å²) in [7, 11) is 0. The average Bonchev–Trinajstić information content (AvgIpc) is 2.87. The number of fused-ring (bicyclic) bond motifs is 1. The molecule has 0 saturated carbocycles. The summed E-state index contributed by atoms with van der Waals surface area (Å²) in [5.41, 5.74) is 0.960. The maximum absolute atomic E-state index is 11.7. The number of urea groups is 1. The number of aliphatic hydroxyl groups is 1. The van der Waals surface area contributed by atoms with Crippen molar-refractivity contribution in [3.63, 3.8) is 0 Å². The minimum Gasteiger partial charge on any atom is -0.396 e. The zero-order valence-corrected chi connectivity index (χ0v) is 12.2. The molecule has 1 unspecified atom stereocenters. The lowest BCUT2D eigenvalue weighted by molar-refractivity contribution is 0.227. The van der Waals surface area contributed by atoms with Gasteiger partial charge in [-0.1, -0.05) is 19.1 Å². The van der Waals surface area contributed by atoms with Crippen LogP contribution in [0, 0.1) is 0 Å². The van der Waals surface area contributed by atoms with E-state index in [2.05, 4.69) is 15.6 Å². The van der Waals surface area contributed by atoms with Gasteiger partial charge in [0.15, 0.2) is 0 Å². The molecular formula is C14H19N3O2S.